The minimum absolute atomic E-state index is 1.31. The molecule has 0 radical (unpaired) electrons. The second-order valence-corrected chi connectivity index (χ2v) is 0.278. The SMILES string of the molecule is N#[C][Cu].[Li][Cl]. The zero-order valence-corrected chi connectivity index (χ0v) is 4.32. The van der Waals surface area contributed by atoms with Crippen molar-refractivity contribution in [3.05, 3.63) is 0 Å². The maximum atomic E-state index is 7.12. The van der Waals surface area contributed by atoms with E-state index in [0.717, 1.165) is 0 Å². The third-order valence-electron chi connectivity index (χ3n) is 0. The van der Waals surface area contributed by atoms with Crippen molar-refractivity contribution in [2.24, 2.45) is 0 Å². The van der Waals surface area contributed by atoms with Crippen molar-refractivity contribution in [2.75, 3.05) is 0 Å². The van der Waals surface area contributed by atoms with Gasteiger partial charge in [-0.2, -0.15) is 0 Å². The summed E-state index contributed by atoms with van der Waals surface area (Å²) in [6.45, 7) is 0. The van der Waals surface area contributed by atoms with Crippen molar-refractivity contribution in [2.45, 2.75) is 0 Å². The van der Waals surface area contributed by atoms with Gasteiger partial charge in [0.25, 0.3) is 0 Å². The standard InChI is InChI=1S/CN.ClH.Cu.Li/c1-2;;;/h;1H;;/q;;;+1/p-1. The van der Waals surface area contributed by atoms with Gasteiger partial charge in [0.1, 0.15) is 0 Å². The van der Waals surface area contributed by atoms with Crippen LogP contribution in [0.4, 0.5) is 0 Å². The summed E-state index contributed by atoms with van der Waals surface area (Å²) in [6.07, 6.45) is 0. The summed E-state index contributed by atoms with van der Waals surface area (Å²) < 4.78 is 0. The fourth-order valence-electron chi connectivity index (χ4n) is 0. The van der Waals surface area contributed by atoms with E-state index < -0.39 is 0 Å². The van der Waals surface area contributed by atoms with E-state index in [1.165, 1.54) is 21.7 Å². The third-order valence-corrected chi connectivity index (χ3v) is 0. The van der Waals surface area contributed by atoms with E-state index in [4.69, 9.17) is 5.26 Å². The van der Waals surface area contributed by atoms with Crippen LogP contribution in [0.3, 0.4) is 0 Å². The quantitative estimate of drug-likeness (QED) is 0.435. The summed E-state index contributed by atoms with van der Waals surface area (Å²) in [6, 6.07) is 0. The van der Waals surface area contributed by atoms with Crippen LogP contribution in [0.5, 0.6) is 0 Å². The number of halogens is 1. The first-order valence-electron chi connectivity index (χ1n) is 0.752. The van der Waals surface area contributed by atoms with E-state index in [1.807, 2.05) is 0 Å². The average molecular weight is 132 g/mol. The molecule has 0 heterocycles. The Balaban J connectivity index is 0. The summed E-state index contributed by atoms with van der Waals surface area (Å²) in [5, 5.41) is 7.12. The van der Waals surface area contributed by atoms with Gasteiger partial charge in [0, 0.05) is 0 Å². The topological polar surface area (TPSA) is 23.8 Å². The Labute approximate surface area is 52.8 Å². The molecular weight excluding hydrogens is 132 g/mol. The van der Waals surface area contributed by atoms with Gasteiger partial charge in [-0.15, -0.1) is 0 Å². The number of nitrogens with zero attached hydrogens (tertiary/aromatic N) is 1. The van der Waals surface area contributed by atoms with Gasteiger partial charge >= 0.3 is 52.8 Å². The number of rotatable bonds is 0. The molecule has 0 bridgehead atoms. The second kappa shape index (κ2) is 20.7. The maximum absolute atomic E-state index is 7.12. The van der Waals surface area contributed by atoms with Crippen LogP contribution in [0, 0.1) is 10.2 Å². The Morgan fingerprint density at radius 3 is 1.80 bits per heavy atom. The molecule has 0 unspecified atom stereocenters. The molecule has 0 saturated carbocycles. The fourth-order valence-corrected chi connectivity index (χ4v) is 0. The Kier molecular flexibility index (Phi) is 38.5. The summed E-state index contributed by atoms with van der Waals surface area (Å²) in [7, 11) is 4.64. The van der Waals surface area contributed by atoms with Crippen LogP contribution in [-0.2, 0) is 16.0 Å². The zero-order valence-electron chi connectivity index (χ0n) is 2.63. The van der Waals surface area contributed by atoms with Crippen molar-refractivity contribution in [1.29, 1.82) is 5.26 Å². The summed E-state index contributed by atoms with van der Waals surface area (Å²) in [5.41, 5.74) is 0. The van der Waals surface area contributed by atoms with Crippen LogP contribution in [0.15, 0.2) is 0 Å². The van der Waals surface area contributed by atoms with E-state index >= 15 is 0 Å². The van der Waals surface area contributed by atoms with Crippen LogP contribution >= 0.6 is 9.80 Å². The van der Waals surface area contributed by atoms with Crippen molar-refractivity contribution < 1.29 is 16.0 Å². The van der Waals surface area contributed by atoms with E-state index in [-0.39, 0.29) is 0 Å². The minimum atomic E-state index is 1.31. The predicted octanol–water partition coefficient (Wildman–Crippen LogP) is 0.323. The van der Waals surface area contributed by atoms with Crippen molar-refractivity contribution >= 4 is 26.5 Å². The van der Waals surface area contributed by atoms with Gasteiger partial charge in [-0.25, -0.2) is 0 Å². The first kappa shape index (κ1) is 9.31. The van der Waals surface area contributed by atoms with Gasteiger partial charge in [-0.3, -0.25) is 0 Å². The Bertz CT molecular complexity index is 33.1. The molecule has 0 aromatic carbocycles. The molecular formula is CClCuLiN. The summed E-state index contributed by atoms with van der Waals surface area (Å²) in [4.78, 5) is 1.31. The Morgan fingerprint density at radius 1 is 1.80 bits per heavy atom. The monoisotopic (exact) mass is 131 g/mol. The molecule has 5 heavy (non-hydrogen) atoms. The van der Waals surface area contributed by atoms with E-state index in [1.54, 1.807) is 0 Å². The predicted molar refractivity (Wildman–Crippen MR) is 17.2 cm³/mol. The molecule has 0 aliphatic heterocycles. The Hall–Kier alpha value is 0.897. The first-order chi connectivity index (χ1) is 2.41. The van der Waals surface area contributed by atoms with Crippen LogP contribution in [0.25, 0.3) is 0 Å². The molecule has 0 N–H and O–H groups in total. The van der Waals surface area contributed by atoms with Crippen LogP contribution in [0.2, 0.25) is 0 Å². The van der Waals surface area contributed by atoms with Gasteiger partial charge in [0.15, 0.2) is 0 Å². The van der Waals surface area contributed by atoms with Gasteiger partial charge in [-0.1, -0.05) is 0 Å². The van der Waals surface area contributed by atoms with Crippen LogP contribution < -0.4 is 0 Å². The van der Waals surface area contributed by atoms with Crippen molar-refractivity contribution in [1.82, 2.24) is 0 Å². The molecule has 0 spiro atoms. The molecule has 28 valence electrons. The molecule has 0 rings (SSSR count). The average Bonchev–Trinajstić information content (AvgIpc) is 1.46. The van der Waals surface area contributed by atoms with Gasteiger partial charge in [0.05, 0.1) is 0 Å². The van der Waals surface area contributed by atoms with Crippen LogP contribution in [-0.4, -0.2) is 16.7 Å². The molecule has 0 aliphatic rings. The Morgan fingerprint density at radius 2 is 1.80 bits per heavy atom. The molecule has 0 amide bonds. The molecule has 0 fully saturated rings. The molecule has 0 aliphatic carbocycles. The number of hydrogen-bond donors (Lipinski definition) is 0. The van der Waals surface area contributed by atoms with E-state index in [0.29, 0.717) is 0 Å². The van der Waals surface area contributed by atoms with Crippen molar-refractivity contribution in [3.63, 3.8) is 0 Å². The van der Waals surface area contributed by atoms with E-state index in [9.17, 15) is 0 Å². The first-order valence-corrected chi connectivity index (χ1v) is 1.98. The number of nitriles is 1. The van der Waals surface area contributed by atoms with Gasteiger partial charge < -0.3 is 0 Å². The molecule has 0 aromatic heterocycles. The fraction of sp³-hybridized carbons (Fsp3) is 0. The van der Waals surface area contributed by atoms with Crippen LogP contribution in [0.1, 0.15) is 0 Å². The zero-order chi connectivity index (χ0) is 4.71. The molecule has 4 heteroatoms. The van der Waals surface area contributed by atoms with Gasteiger partial charge in [-0.05, 0) is 0 Å². The molecule has 0 atom stereocenters. The van der Waals surface area contributed by atoms with Gasteiger partial charge in [0.2, 0.25) is 0 Å². The number of hydrogen-bond acceptors (Lipinski definition) is 1. The molecule has 0 aromatic rings. The normalized spacial score (nSPS) is 3.20. The van der Waals surface area contributed by atoms with Crippen molar-refractivity contribution in [3.8, 4) is 4.97 Å². The summed E-state index contributed by atoms with van der Waals surface area (Å²) >= 11 is 5.28. The molecule has 1 nitrogen and oxygen atoms in total. The second-order valence-electron chi connectivity index (χ2n) is 0.0674. The summed E-state index contributed by atoms with van der Waals surface area (Å²) in [5.74, 6) is 0. The van der Waals surface area contributed by atoms with E-state index in [2.05, 4.69) is 25.8 Å². The molecule has 0 saturated heterocycles. The third kappa shape index (κ3) is 51.1.